The molecule has 146 valence electrons. The van der Waals surface area contributed by atoms with Crippen molar-refractivity contribution in [1.29, 1.82) is 0 Å². The highest BCUT2D eigenvalue weighted by molar-refractivity contribution is 5.78. The van der Waals surface area contributed by atoms with Crippen LogP contribution < -0.4 is 15.7 Å². The molecule has 0 atom stereocenters. The topological polar surface area (TPSA) is 81.4 Å². The summed E-state index contributed by atoms with van der Waals surface area (Å²) >= 11 is 0. The van der Waals surface area contributed by atoms with E-state index in [-0.39, 0.29) is 12.0 Å². The lowest BCUT2D eigenvalue weighted by Crippen LogP contribution is -2.08. The molecule has 0 spiro atoms. The zero-order valence-electron chi connectivity index (χ0n) is 15.9. The Balaban J connectivity index is 1.62. The number of hydrogen-bond donors (Lipinski definition) is 1. The molecule has 6 heteroatoms. The minimum absolute atomic E-state index is 0.0862. The number of carbonyl (C=O) groups excluding carboxylic acids is 1. The smallest absolute Gasteiger partial charge is 0.348 e. The predicted molar refractivity (Wildman–Crippen MR) is 109 cm³/mol. The van der Waals surface area contributed by atoms with Gasteiger partial charge >= 0.3 is 17.6 Å². The Kier molecular flexibility index (Phi) is 6.78. The van der Waals surface area contributed by atoms with Crippen molar-refractivity contribution in [3.05, 3.63) is 59.0 Å². The van der Waals surface area contributed by atoms with Gasteiger partial charge in [0, 0.05) is 18.2 Å². The molecule has 3 rings (SSSR count). The van der Waals surface area contributed by atoms with Crippen LogP contribution in [-0.2, 0) is 4.79 Å². The minimum Gasteiger partial charge on any atom is -0.426 e. The van der Waals surface area contributed by atoms with Crippen molar-refractivity contribution in [3.63, 3.8) is 0 Å². The predicted octanol–water partition coefficient (Wildman–Crippen LogP) is 5.20. The maximum absolute atomic E-state index is 12.1. The van der Waals surface area contributed by atoms with Crippen molar-refractivity contribution in [2.75, 3.05) is 5.32 Å². The molecule has 28 heavy (non-hydrogen) atoms. The van der Waals surface area contributed by atoms with Crippen LogP contribution in [0.5, 0.6) is 5.75 Å². The average Bonchev–Trinajstić information content (AvgIpc) is 2.68. The second kappa shape index (κ2) is 9.69. The fourth-order valence-electron chi connectivity index (χ4n) is 2.89. The van der Waals surface area contributed by atoms with Crippen molar-refractivity contribution in [3.8, 4) is 5.75 Å². The third-order valence-electron chi connectivity index (χ3n) is 4.34. The largest absolute Gasteiger partial charge is 0.426 e. The van der Waals surface area contributed by atoms with Gasteiger partial charge in [-0.25, -0.2) is 4.79 Å². The number of carbonyl (C=O) groups is 1. The summed E-state index contributed by atoms with van der Waals surface area (Å²) in [4.78, 5) is 28.3. The second-order valence-electron chi connectivity index (χ2n) is 6.61. The van der Waals surface area contributed by atoms with E-state index in [4.69, 9.17) is 9.15 Å². The second-order valence-corrected chi connectivity index (χ2v) is 6.61. The molecule has 0 aliphatic carbocycles. The normalized spacial score (nSPS) is 10.8. The first kappa shape index (κ1) is 19.6. The van der Waals surface area contributed by atoms with Crippen LogP contribution in [0.2, 0.25) is 0 Å². The van der Waals surface area contributed by atoms with Gasteiger partial charge in [0.2, 0.25) is 0 Å². The van der Waals surface area contributed by atoms with Gasteiger partial charge in [-0.05, 0) is 30.7 Å². The fourth-order valence-corrected chi connectivity index (χ4v) is 2.89. The van der Waals surface area contributed by atoms with Crippen LogP contribution in [0.25, 0.3) is 10.9 Å². The first-order valence-electron chi connectivity index (χ1n) is 9.63. The van der Waals surface area contributed by atoms with Crippen LogP contribution in [0.1, 0.15) is 45.4 Å². The number of nitrogens with one attached hydrogen (secondary N) is 1. The van der Waals surface area contributed by atoms with E-state index in [0.29, 0.717) is 28.8 Å². The van der Waals surface area contributed by atoms with E-state index in [1.807, 2.05) is 0 Å². The SMILES string of the molecule is CCCCCCCC(=O)Oc1cccc(Nc2nc3ccccc3c(=O)o2)c1. The molecule has 1 aromatic heterocycles. The summed E-state index contributed by atoms with van der Waals surface area (Å²) < 4.78 is 10.6. The van der Waals surface area contributed by atoms with Crippen molar-refractivity contribution in [1.82, 2.24) is 4.98 Å². The Morgan fingerprint density at radius 2 is 1.89 bits per heavy atom. The first-order chi connectivity index (χ1) is 13.7. The van der Waals surface area contributed by atoms with Crippen LogP contribution >= 0.6 is 0 Å². The first-order valence-corrected chi connectivity index (χ1v) is 9.63. The number of unbranched alkanes of at least 4 members (excludes halogenated alkanes) is 4. The highest BCUT2D eigenvalue weighted by Gasteiger charge is 2.08. The molecule has 0 fully saturated rings. The molecule has 0 radical (unpaired) electrons. The minimum atomic E-state index is -0.459. The Bertz CT molecular complexity index is 997. The molecule has 3 aromatic rings. The van der Waals surface area contributed by atoms with Gasteiger partial charge in [-0.15, -0.1) is 0 Å². The van der Waals surface area contributed by atoms with Crippen LogP contribution in [0.15, 0.2) is 57.7 Å². The summed E-state index contributed by atoms with van der Waals surface area (Å²) in [5, 5.41) is 3.37. The van der Waals surface area contributed by atoms with E-state index in [1.165, 1.54) is 12.8 Å². The number of aromatic nitrogens is 1. The lowest BCUT2D eigenvalue weighted by molar-refractivity contribution is -0.134. The van der Waals surface area contributed by atoms with E-state index in [0.717, 1.165) is 19.3 Å². The molecule has 6 nitrogen and oxygen atoms in total. The molecule has 2 aromatic carbocycles. The van der Waals surface area contributed by atoms with Gasteiger partial charge in [-0.2, -0.15) is 4.98 Å². The standard InChI is InChI=1S/C22H24N2O4/c1-2-3-4-5-6-14-20(25)27-17-11-9-10-16(15-17)23-22-24-19-13-8-7-12-18(19)21(26)28-22/h7-13,15H,2-6,14H2,1H3,(H,23,24). The van der Waals surface area contributed by atoms with Gasteiger partial charge in [0.1, 0.15) is 5.75 Å². The fraction of sp³-hybridized carbons (Fsp3) is 0.318. The number of esters is 1. The van der Waals surface area contributed by atoms with Gasteiger partial charge in [-0.3, -0.25) is 4.79 Å². The van der Waals surface area contributed by atoms with Gasteiger partial charge in [0.05, 0.1) is 10.9 Å². The van der Waals surface area contributed by atoms with Crippen LogP contribution in [0.3, 0.4) is 0 Å². The number of rotatable bonds is 9. The Hall–Kier alpha value is -3.15. The molecular weight excluding hydrogens is 356 g/mol. The number of fused-ring (bicyclic) bond motifs is 1. The maximum Gasteiger partial charge on any atom is 0.348 e. The van der Waals surface area contributed by atoms with Gasteiger partial charge in [0.25, 0.3) is 0 Å². The van der Waals surface area contributed by atoms with E-state index < -0.39 is 5.63 Å². The Morgan fingerprint density at radius 1 is 1.07 bits per heavy atom. The third-order valence-corrected chi connectivity index (χ3v) is 4.34. The van der Waals surface area contributed by atoms with Crippen LogP contribution in [-0.4, -0.2) is 11.0 Å². The molecule has 0 saturated heterocycles. The molecule has 0 bridgehead atoms. The lowest BCUT2D eigenvalue weighted by atomic mass is 10.1. The van der Waals surface area contributed by atoms with E-state index in [1.54, 1.807) is 48.5 Å². The molecule has 0 amide bonds. The quantitative estimate of drug-likeness (QED) is 0.312. The zero-order chi connectivity index (χ0) is 19.8. The average molecular weight is 380 g/mol. The summed E-state index contributed by atoms with van der Waals surface area (Å²) in [6, 6.07) is 14.0. The van der Waals surface area contributed by atoms with E-state index >= 15 is 0 Å². The highest BCUT2D eigenvalue weighted by atomic mass is 16.5. The number of ether oxygens (including phenoxy) is 1. The number of anilines is 2. The van der Waals surface area contributed by atoms with Crippen LogP contribution in [0, 0.1) is 0 Å². The number of para-hydroxylation sites is 1. The summed E-state index contributed by atoms with van der Waals surface area (Å²) in [5.41, 5.74) is 0.699. The van der Waals surface area contributed by atoms with Crippen molar-refractivity contribution in [2.24, 2.45) is 0 Å². The summed E-state index contributed by atoms with van der Waals surface area (Å²) in [5.74, 6) is 0.190. The van der Waals surface area contributed by atoms with Crippen LogP contribution in [0.4, 0.5) is 11.7 Å². The zero-order valence-corrected chi connectivity index (χ0v) is 15.9. The Labute approximate surface area is 163 Å². The van der Waals surface area contributed by atoms with Crippen molar-refractivity contribution >= 4 is 28.6 Å². The number of benzene rings is 2. The molecule has 1 heterocycles. The van der Waals surface area contributed by atoms with Gasteiger partial charge in [-0.1, -0.05) is 50.8 Å². The molecule has 0 aliphatic rings. The van der Waals surface area contributed by atoms with Gasteiger partial charge in [0.15, 0.2) is 0 Å². The summed E-state index contributed by atoms with van der Waals surface area (Å²) in [7, 11) is 0. The summed E-state index contributed by atoms with van der Waals surface area (Å²) in [6.07, 6.45) is 5.80. The van der Waals surface area contributed by atoms with E-state index in [2.05, 4.69) is 17.2 Å². The van der Waals surface area contributed by atoms with Crippen molar-refractivity contribution < 1.29 is 13.9 Å². The van der Waals surface area contributed by atoms with Crippen molar-refractivity contribution in [2.45, 2.75) is 45.4 Å². The summed E-state index contributed by atoms with van der Waals surface area (Å²) in [6.45, 7) is 2.16. The third kappa shape index (κ3) is 5.42. The number of hydrogen-bond acceptors (Lipinski definition) is 6. The maximum atomic E-state index is 12.1. The molecular formula is C22H24N2O4. The molecule has 1 N–H and O–H groups in total. The van der Waals surface area contributed by atoms with Gasteiger partial charge < -0.3 is 14.5 Å². The molecule has 0 saturated carbocycles. The molecule has 0 aliphatic heterocycles. The van der Waals surface area contributed by atoms with E-state index in [9.17, 15) is 9.59 Å². The molecule has 0 unspecified atom stereocenters. The number of nitrogens with zero attached hydrogens (tertiary/aromatic N) is 1. The monoisotopic (exact) mass is 380 g/mol. The Morgan fingerprint density at radius 3 is 2.75 bits per heavy atom. The lowest BCUT2D eigenvalue weighted by Gasteiger charge is -2.08. The highest BCUT2D eigenvalue weighted by Crippen LogP contribution is 2.22.